The van der Waals surface area contributed by atoms with E-state index < -0.39 is 0 Å². The monoisotopic (exact) mass is 177 g/mol. The van der Waals surface area contributed by atoms with E-state index in [4.69, 9.17) is 0 Å². The number of carbonyl (C=O) groups excluding carboxylic acids is 2. The molecule has 0 spiro atoms. The second kappa shape index (κ2) is 2.62. The molecule has 0 fully saturated rings. The number of nitrogens with one attached hydrogen (secondary N) is 1. The molecule has 1 aromatic heterocycles. The Kier molecular flexibility index (Phi) is 1.58. The average Bonchev–Trinajstić information content (AvgIpc) is 2.07. The molecule has 2 amide bonds. The molecular formula is C8H7N3O2. The zero-order chi connectivity index (χ0) is 9.42. The van der Waals surface area contributed by atoms with Gasteiger partial charge in [0.25, 0.3) is 5.91 Å². The van der Waals surface area contributed by atoms with Crippen molar-refractivity contribution in [3.8, 4) is 0 Å². The Morgan fingerprint density at radius 3 is 3.00 bits per heavy atom. The van der Waals surface area contributed by atoms with Crippen LogP contribution < -0.4 is 5.32 Å². The smallest absolute Gasteiger partial charge is 0.259 e. The number of rotatable bonds is 0. The van der Waals surface area contributed by atoms with Gasteiger partial charge in [0.15, 0.2) is 0 Å². The van der Waals surface area contributed by atoms with Crippen LogP contribution in [0.1, 0.15) is 21.6 Å². The average molecular weight is 177 g/mol. The van der Waals surface area contributed by atoms with Crippen molar-refractivity contribution in [1.29, 1.82) is 0 Å². The summed E-state index contributed by atoms with van der Waals surface area (Å²) in [6, 6.07) is 0. The Bertz CT molecular complexity index is 400. The van der Waals surface area contributed by atoms with Crippen LogP contribution in [0.3, 0.4) is 0 Å². The predicted octanol–water partition coefficient (Wildman–Crippen LogP) is -0.402. The fraction of sp³-hybridized carbons (Fsp3) is 0.250. The molecule has 2 heterocycles. The van der Waals surface area contributed by atoms with Gasteiger partial charge in [0.2, 0.25) is 5.91 Å². The number of imide groups is 1. The van der Waals surface area contributed by atoms with Gasteiger partial charge in [0, 0.05) is 0 Å². The van der Waals surface area contributed by atoms with Gasteiger partial charge in [-0.2, -0.15) is 10.2 Å². The van der Waals surface area contributed by atoms with Crippen LogP contribution in [0, 0.1) is 6.92 Å². The first-order chi connectivity index (χ1) is 6.18. The number of hydrogen-bond acceptors (Lipinski definition) is 4. The van der Waals surface area contributed by atoms with Crippen molar-refractivity contribution in [1.82, 2.24) is 15.5 Å². The molecule has 0 saturated heterocycles. The Morgan fingerprint density at radius 2 is 2.23 bits per heavy atom. The molecule has 0 radical (unpaired) electrons. The van der Waals surface area contributed by atoms with E-state index in [1.807, 2.05) is 0 Å². The highest BCUT2D eigenvalue weighted by Crippen LogP contribution is 2.14. The van der Waals surface area contributed by atoms with Crippen LogP contribution in [0.25, 0.3) is 0 Å². The Morgan fingerprint density at radius 1 is 1.46 bits per heavy atom. The first-order valence-corrected chi connectivity index (χ1v) is 3.84. The molecule has 0 saturated carbocycles. The topological polar surface area (TPSA) is 72.0 Å². The molecule has 0 unspecified atom stereocenters. The van der Waals surface area contributed by atoms with Crippen LogP contribution in [0.4, 0.5) is 0 Å². The normalized spacial score (nSPS) is 15.2. The summed E-state index contributed by atoms with van der Waals surface area (Å²) in [5.41, 5.74) is 1.77. The van der Waals surface area contributed by atoms with E-state index in [9.17, 15) is 9.59 Å². The first kappa shape index (κ1) is 7.85. The molecule has 5 nitrogen and oxygen atoms in total. The summed E-state index contributed by atoms with van der Waals surface area (Å²) in [5, 5.41) is 9.65. The summed E-state index contributed by atoms with van der Waals surface area (Å²) in [6.07, 6.45) is 1.59. The summed E-state index contributed by atoms with van der Waals surface area (Å²) in [4.78, 5) is 22.3. The van der Waals surface area contributed by atoms with Crippen molar-refractivity contribution in [2.45, 2.75) is 13.3 Å². The highest BCUT2D eigenvalue weighted by molar-refractivity contribution is 6.09. The fourth-order valence-corrected chi connectivity index (χ4v) is 1.32. The first-order valence-electron chi connectivity index (χ1n) is 3.84. The highest BCUT2D eigenvalue weighted by atomic mass is 16.2. The SMILES string of the molecule is Cc1nncc2c1CC(=O)NC2=O. The summed E-state index contributed by atoms with van der Waals surface area (Å²) in [7, 11) is 0. The molecule has 1 aliphatic heterocycles. The molecule has 5 heteroatoms. The van der Waals surface area contributed by atoms with Crippen molar-refractivity contribution >= 4 is 11.8 Å². The minimum Gasteiger partial charge on any atom is -0.292 e. The third-order valence-electron chi connectivity index (χ3n) is 1.99. The minimum atomic E-state index is -0.385. The van der Waals surface area contributed by atoms with Crippen molar-refractivity contribution < 1.29 is 9.59 Å². The van der Waals surface area contributed by atoms with Gasteiger partial charge in [-0.3, -0.25) is 14.9 Å². The van der Waals surface area contributed by atoms with E-state index in [0.717, 1.165) is 0 Å². The molecule has 0 atom stereocenters. The van der Waals surface area contributed by atoms with Gasteiger partial charge < -0.3 is 0 Å². The third-order valence-corrected chi connectivity index (χ3v) is 1.99. The maximum absolute atomic E-state index is 11.2. The van der Waals surface area contributed by atoms with Crippen molar-refractivity contribution in [3.05, 3.63) is 23.0 Å². The lowest BCUT2D eigenvalue weighted by Gasteiger charge is -2.14. The van der Waals surface area contributed by atoms with Gasteiger partial charge in [0.05, 0.1) is 23.9 Å². The highest BCUT2D eigenvalue weighted by Gasteiger charge is 2.24. The Hall–Kier alpha value is -1.78. The Balaban J connectivity index is 2.61. The number of aryl methyl sites for hydroxylation is 1. The zero-order valence-electron chi connectivity index (χ0n) is 7.00. The molecule has 0 aliphatic carbocycles. The summed E-state index contributed by atoms with van der Waals surface area (Å²) < 4.78 is 0. The molecule has 0 bridgehead atoms. The standard InChI is InChI=1S/C8H7N3O2/c1-4-5-2-7(12)10-8(13)6(5)3-9-11-4/h3H,2H2,1H3,(H,10,12,13). The van der Waals surface area contributed by atoms with Crippen molar-refractivity contribution in [3.63, 3.8) is 0 Å². The molecule has 1 aliphatic rings. The minimum absolute atomic E-state index is 0.211. The van der Waals surface area contributed by atoms with Crippen LogP contribution in [0.2, 0.25) is 0 Å². The molecule has 1 N–H and O–H groups in total. The van der Waals surface area contributed by atoms with E-state index in [2.05, 4.69) is 15.5 Å². The summed E-state index contributed by atoms with van der Waals surface area (Å²) >= 11 is 0. The van der Waals surface area contributed by atoms with Crippen molar-refractivity contribution in [2.24, 2.45) is 0 Å². The molecule has 66 valence electrons. The van der Waals surface area contributed by atoms with E-state index in [1.165, 1.54) is 6.20 Å². The summed E-state index contributed by atoms with van der Waals surface area (Å²) in [5.74, 6) is -0.669. The number of amides is 2. The second-order valence-electron chi connectivity index (χ2n) is 2.88. The van der Waals surface area contributed by atoms with Crippen LogP contribution in [-0.2, 0) is 11.2 Å². The van der Waals surface area contributed by atoms with Crippen molar-refractivity contribution in [2.75, 3.05) is 0 Å². The number of aromatic nitrogens is 2. The lowest BCUT2D eigenvalue weighted by Crippen LogP contribution is -2.37. The lowest BCUT2D eigenvalue weighted by atomic mass is 10.0. The van der Waals surface area contributed by atoms with Crippen LogP contribution in [0.15, 0.2) is 6.20 Å². The zero-order valence-corrected chi connectivity index (χ0v) is 7.00. The fourth-order valence-electron chi connectivity index (χ4n) is 1.32. The van der Waals surface area contributed by atoms with Gasteiger partial charge >= 0.3 is 0 Å². The van der Waals surface area contributed by atoms with Gasteiger partial charge in [0.1, 0.15) is 0 Å². The molecule has 2 rings (SSSR count). The molecule has 1 aromatic rings. The van der Waals surface area contributed by atoms with E-state index in [-0.39, 0.29) is 18.2 Å². The van der Waals surface area contributed by atoms with Gasteiger partial charge in [-0.25, -0.2) is 0 Å². The largest absolute Gasteiger partial charge is 0.292 e. The van der Waals surface area contributed by atoms with Gasteiger partial charge in [-0.05, 0) is 12.5 Å². The molecule has 13 heavy (non-hydrogen) atoms. The number of nitrogens with zero attached hydrogens (tertiary/aromatic N) is 2. The van der Waals surface area contributed by atoms with Crippen LogP contribution >= 0.6 is 0 Å². The molecular weight excluding hydrogens is 170 g/mol. The third kappa shape index (κ3) is 1.18. The van der Waals surface area contributed by atoms with Crippen LogP contribution in [-0.4, -0.2) is 22.0 Å². The second-order valence-corrected chi connectivity index (χ2v) is 2.88. The number of hydrogen-bond donors (Lipinski definition) is 1. The quantitative estimate of drug-likeness (QED) is 0.547. The Labute approximate surface area is 74.2 Å². The lowest BCUT2D eigenvalue weighted by molar-refractivity contribution is -0.119. The predicted molar refractivity (Wildman–Crippen MR) is 42.9 cm³/mol. The number of carbonyl (C=O) groups is 2. The summed E-state index contributed by atoms with van der Waals surface area (Å²) in [6.45, 7) is 1.73. The van der Waals surface area contributed by atoms with Gasteiger partial charge in [-0.15, -0.1) is 0 Å². The maximum Gasteiger partial charge on any atom is 0.259 e. The van der Waals surface area contributed by atoms with E-state index in [1.54, 1.807) is 6.92 Å². The molecule has 0 aromatic carbocycles. The van der Waals surface area contributed by atoms with E-state index >= 15 is 0 Å². The maximum atomic E-state index is 11.2. The van der Waals surface area contributed by atoms with Crippen LogP contribution in [0.5, 0.6) is 0 Å². The van der Waals surface area contributed by atoms with Gasteiger partial charge in [-0.1, -0.05) is 0 Å². The van der Waals surface area contributed by atoms with E-state index in [0.29, 0.717) is 16.8 Å². The number of fused-ring (bicyclic) bond motifs is 1.